The Balaban J connectivity index is 2.21. The van der Waals surface area contributed by atoms with Crippen LogP contribution in [-0.2, 0) is 0 Å². The van der Waals surface area contributed by atoms with Gasteiger partial charge in [0, 0.05) is 20.4 Å². The SMILES string of the molecule is CC[C@H](C)Oc1c(C=Nn2c([C@@H](C)CC)nc3ccc(Br)cc3c2=O)cc(Br)cc1OC. The molecule has 1 heterocycles. The van der Waals surface area contributed by atoms with Gasteiger partial charge in [0.15, 0.2) is 11.5 Å². The van der Waals surface area contributed by atoms with Crippen molar-refractivity contribution in [3.05, 3.63) is 61.0 Å². The second-order valence-corrected chi connectivity index (χ2v) is 9.50. The van der Waals surface area contributed by atoms with E-state index in [0.29, 0.717) is 33.8 Å². The smallest absolute Gasteiger partial charge is 0.282 e. The molecule has 0 bridgehead atoms. The lowest BCUT2D eigenvalue weighted by Gasteiger charge is -2.18. The Morgan fingerprint density at radius 2 is 1.88 bits per heavy atom. The molecule has 0 saturated heterocycles. The van der Waals surface area contributed by atoms with E-state index in [1.165, 1.54) is 4.68 Å². The van der Waals surface area contributed by atoms with Crippen LogP contribution in [0.15, 0.2) is 49.2 Å². The molecule has 0 fully saturated rings. The highest BCUT2D eigenvalue weighted by molar-refractivity contribution is 9.10. The largest absolute Gasteiger partial charge is 0.493 e. The van der Waals surface area contributed by atoms with Crippen LogP contribution in [0.3, 0.4) is 0 Å². The Morgan fingerprint density at radius 1 is 1.12 bits per heavy atom. The Labute approximate surface area is 204 Å². The van der Waals surface area contributed by atoms with E-state index in [-0.39, 0.29) is 17.6 Å². The van der Waals surface area contributed by atoms with Crippen molar-refractivity contribution in [3.63, 3.8) is 0 Å². The first-order chi connectivity index (χ1) is 15.3. The number of rotatable bonds is 8. The molecule has 0 saturated carbocycles. The first-order valence-electron chi connectivity index (χ1n) is 10.6. The maximum Gasteiger partial charge on any atom is 0.282 e. The van der Waals surface area contributed by atoms with Crippen LogP contribution < -0.4 is 15.0 Å². The summed E-state index contributed by atoms with van der Waals surface area (Å²) in [4.78, 5) is 18.1. The van der Waals surface area contributed by atoms with Crippen molar-refractivity contribution in [2.24, 2.45) is 5.10 Å². The molecule has 170 valence electrons. The van der Waals surface area contributed by atoms with E-state index in [4.69, 9.17) is 14.5 Å². The van der Waals surface area contributed by atoms with Crippen molar-refractivity contribution in [2.75, 3.05) is 7.11 Å². The molecular weight excluding hydrogens is 538 g/mol. The minimum atomic E-state index is -0.214. The molecule has 6 nitrogen and oxygen atoms in total. The van der Waals surface area contributed by atoms with Gasteiger partial charge in [-0.05, 0) is 50.1 Å². The highest BCUT2D eigenvalue weighted by Gasteiger charge is 2.17. The van der Waals surface area contributed by atoms with Crippen molar-refractivity contribution in [2.45, 2.75) is 52.6 Å². The molecule has 0 N–H and O–H groups in total. The van der Waals surface area contributed by atoms with Gasteiger partial charge in [0.25, 0.3) is 5.56 Å². The topological polar surface area (TPSA) is 65.7 Å². The van der Waals surface area contributed by atoms with E-state index < -0.39 is 0 Å². The molecule has 3 aromatic rings. The van der Waals surface area contributed by atoms with Crippen molar-refractivity contribution >= 4 is 49.0 Å². The third kappa shape index (κ3) is 5.23. The minimum absolute atomic E-state index is 0.00434. The molecule has 1 aromatic heterocycles. The number of halogens is 2. The Bertz CT molecular complexity index is 1210. The van der Waals surface area contributed by atoms with Gasteiger partial charge >= 0.3 is 0 Å². The second kappa shape index (κ2) is 10.6. The van der Waals surface area contributed by atoms with Gasteiger partial charge in [0.1, 0.15) is 5.82 Å². The second-order valence-electron chi connectivity index (χ2n) is 7.67. The number of hydrogen-bond donors (Lipinski definition) is 0. The van der Waals surface area contributed by atoms with Crippen molar-refractivity contribution < 1.29 is 9.47 Å². The molecule has 0 spiro atoms. The zero-order chi connectivity index (χ0) is 23.4. The Morgan fingerprint density at radius 3 is 2.53 bits per heavy atom. The van der Waals surface area contributed by atoms with Crippen LogP contribution in [0.1, 0.15) is 57.8 Å². The van der Waals surface area contributed by atoms with Crippen LogP contribution >= 0.6 is 31.9 Å². The zero-order valence-electron chi connectivity index (χ0n) is 18.9. The summed E-state index contributed by atoms with van der Waals surface area (Å²) in [6.07, 6.45) is 3.30. The fourth-order valence-corrected chi connectivity index (χ4v) is 3.96. The van der Waals surface area contributed by atoms with Crippen molar-refractivity contribution in [1.82, 2.24) is 9.66 Å². The molecule has 0 unspecified atom stereocenters. The van der Waals surface area contributed by atoms with Crippen LogP contribution in [0, 0.1) is 0 Å². The lowest BCUT2D eigenvalue weighted by atomic mass is 10.1. The van der Waals surface area contributed by atoms with Crippen LogP contribution in [0.25, 0.3) is 10.9 Å². The maximum atomic E-state index is 13.4. The standard InChI is InChI=1S/C24H27Br2N3O3/c1-6-14(3)23-28-20-9-8-17(25)11-19(20)24(30)29(23)27-13-16-10-18(26)12-21(31-5)22(16)32-15(4)7-2/h8-15H,6-7H2,1-5H3/t14-,15-/m0/s1. The summed E-state index contributed by atoms with van der Waals surface area (Å²) in [6, 6.07) is 9.24. The normalized spacial score (nSPS) is 13.5. The highest BCUT2D eigenvalue weighted by atomic mass is 79.9. The molecule has 0 amide bonds. The number of hydrogen-bond acceptors (Lipinski definition) is 5. The predicted molar refractivity (Wildman–Crippen MR) is 136 cm³/mol. The van der Waals surface area contributed by atoms with Gasteiger partial charge in [-0.15, -0.1) is 0 Å². The number of benzene rings is 2. The maximum absolute atomic E-state index is 13.4. The molecule has 2 aromatic carbocycles. The summed E-state index contributed by atoms with van der Waals surface area (Å²) in [5.41, 5.74) is 1.15. The fourth-order valence-electron chi connectivity index (χ4n) is 3.15. The lowest BCUT2D eigenvalue weighted by molar-refractivity contribution is 0.207. The van der Waals surface area contributed by atoms with Gasteiger partial charge < -0.3 is 9.47 Å². The molecule has 0 aliphatic rings. The summed E-state index contributed by atoms with van der Waals surface area (Å²) < 4.78 is 14.7. The molecule has 0 aliphatic heterocycles. The minimum Gasteiger partial charge on any atom is -0.493 e. The monoisotopic (exact) mass is 563 g/mol. The third-order valence-electron chi connectivity index (χ3n) is 5.36. The number of aromatic nitrogens is 2. The van der Waals surface area contributed by atoms with Crippen LogP contribution in [0.2, 0.25) is 0 Å². The van der Waals surface area contributed by atoms with Crippen molar-refractivity contribution in [3.8, 4) is 11.5 Å². The molecular formula is C24H27Br2N3O3. The van der Waals surface area contributed by atoms with Gasteiger partial charge in [0.2, 0.25) is 0 Å². The van der Waals surface area contributed by atoms with Crippen molar-refractivity contribution in [1.29, 1.82) is 0 Å². The van der Waals surface area contributed by atoms with E-state index in [0.717, 1.165) is 21.8 Å². The van der Waals surface area contributed by atoms with E-state index in [9.17, 15) is 4.79 Å². The number of ether oxygens (including phenoxy) is 2. The van der Waals surface area contributed by atoms with E-state index >= 15 is 0 Å². The molecule has 0 aliphatic carbocycles. The first-order valence-corrected chi connectivity index (χ1v) is 12.2. The van der Waals surface area contributed by atoms with E-state index in [1.807, 2.05) is 38.1 Å². The fraction of sp³-hybridized carbons (Fsp3) is 0.375. The molecule has 2 atom stereocenters. The number of nitrogens with zero attached hydrogens (tertiary/aromatic N) is 3. The molecule has 0 radical (unpaired) electrons. The molecule has 8 heteroatoms. The van der Waals surface area contributed by atoms with Gasteiger partial charge in [-0.2, -0.15) is 9.78 Å². The van der Waals surface area contributed by atoms with Gasteiger partial charge in [-0.1, -0.05) is 52.6 Å². The highest BCUT2D eigenvalue weighted by Crippen LogP contribution is 2.35. The van der Waals surface area contributed by atoms with Gasteiger partial charge in [0.05, 0.1) is 30.3 Å². The van der Waals surface area contributed by atoms with Crippen LogP contribution in [0.5, 0.6) is 11.5 Å². The predicted octanol–water partition coefficient (Wildman–Crippen LogP) is 6.50. The Kier molecular flexibility index (Phi) is 8.11. The average Bonchev–Trinajstić information content (AvgIpc) is 2.79. The number of fused-ring (bicyclic) bond motifs is 1. The average molecular weight is 565 g/mol. The zero-order valence-corrected chi connectivity index (χ0v) is 22.0. The molecule has 32 heavy (non-hydrogen) atoms. The summed E-state index contributed by atoms with van der Waals surface area (Å²) in [5.74, 6) is 1.86. The summed E-state index contributed by atoms with van der Waals surface area (Å²) in [7, 11) is 1.60. The Hall–Kier alpha value is -2.19. The quantitative estimate of drug-likeness (QED) is 0.293. The molecule has 3 rings (SSSR count). The third-order valence-corrected chi connectivity index (χ3v) is 6.31. The summed E-state index contributed by atoms with van der Waals surface area (Å²) >= 11 is 6.96. The van der Waals surface area contributed by atoms with Gasteiger partial charge in [-0.3, -0.25) is 4.79 Å². The number of methoxy groups -OCH3 is 1. The summed E-state index contributed by atoms with van der Waals surface area (Å²) in [5, 5.41) is 5.09. The lowest BCUT2D eigenvalue weighted by Crippen LogP contribution is -2.23. The first kappa shape index (κ1) is 24.5. The van der Waals surface area contributed by atoms with E-state index in [2.05, 4.69) is 50.8 Å². The van der Waals surface area contributed by atoms with E-state index in [1.54, 1.807) is 19.4 Å². The van der Waals surface area contributed by atoms with Crippen LogP contribution in [-0.4, -0.2) is 29.1 Å². The van der Waals surface area contributed by atoms with Gasteiger partial charge in [-0.25, -0.2) is 4.98 Å². The van der Waals surface area contributed by atoms with Crippen LogP contribution in [0.4, 0.5) is 0 Å². The summed E-state index contributed by atoms with van der Waals surface area (Å²) in [6.45, 7) is 8.16.